The lowest BCUT2D eigenvalue weighted by molar-refractivity contribution is -0.534. The highest BCUT2D eigenvalue weighted by molar-refractivity contribution is 5.98. The lowest BCUT2D eigenvalue weighted by atomic mass is 10.0. The Morgan fingerprint density at radius 1 is 0.811 bits per heavy atom. The average molecular weight is 526 g/mol. The third-order valence-electron chi connectivity index (χ3n) is 6.65. The maximum absolute atomic E-state index is 13.8. The van der Waals surface area contributed by atoms with Gasteiger partial charge in [0.25, 0.3) is 11.5 Å². The summed E-state index contributed by atoms with van der Waals surface area (Å²) in [5.74, 6) is 0.942. The van der Waals surface area contributed by atoms with Crippen molar-refractivity contribution < 1.29 is 26.6 Å². The summed E-state index contributed by atoms with van der Waals surface area (Å²) < 4.78 is 3.88. The van der Waals surface area contributed by atoms with Gasteiger partial charge in [0.2, 0.25) is 11.6 Å². The molecule has 2 heterocycles. The number of aromatic nitrogens is 2. The van der Waals surface area contributed by atoms with Crippen LogP contribution in [0.2, 0.25) is 0 Å². The minimum Gasteiger partial charge on any atom is -1.00 e. The molecule has 1 aromatic carbocycles. The van der Waals surface area contributed by atoms with Crippen LogP contribution < -0.4 is 21.9 Å². The number of carbonyl (C=O) groups excluding carboxylic acids is 2. The molecule has 1 amide bonds. The molecule has 0 aliphatic carbocycles. The first-order valence-electron chi connectivity index (χ1n) is 13.8. The van der Waals surface area contributed by atoms with Crippen LogP contribution in [0.15, 0.2) is 54.7 Å². The van der Waals surface area contributed by atoms with E-state index >= 15 is 0 Å². The first kappa shape index (κ1) is 30.6. The second-order valence-electron chi connectivity index (χ2n) is 10.7. The second-order valence-corrected chi connectivity index (χ2v) is 10.7. The van der Waals surface area contributed by atoms with E-state index in [1.54, 1.807) is 0 Å². The molecule has 202 valence electrons. The number of amides is 1. The van der Waals surface area contributed by atoms with Crippen LogP contribution in [0.3, 0.4) is 0 Å². The van der Waals surface area contributed by atoms with Crippen LogP contribution in [0, 0.1) is 0 Å². The van der Waals surface area contributed by atoms with E-state index in [1.807, 2.05) is 68.6 Å². The predicted molar refractivity (Wildman–Crippen MR) is 148 cm³/mol. The van der Waals surface area contributed by atoms with Gasteiger partial charge in [-0.15, -0.1) is 0 Å². The molecule has 2 aromatic heterocycles. The van der Waals surface area contributed by atoms with E-state index in [1.165, 1.54) is 0 Å². The van der Waals surface area contributed by atoms with Crippen LogP contribution in [0.5, 0.6) is 0 Å². The van der Waals surface area contributed by atoms with Gasteiger partial charge in [-0.2, -0.15) is 8.97 Å². The van der Waals surface area contributed by atoms with Crippen LogP contribution in [-0.2, 0) is 4.79 Å². The molecule has 0 fully saturated rings. The number of anilines is 1. The molecule has 0 N–H and O–H groups in total. The summed E-state index contributed by atoms with van der Waals surface area (Å²) in [6.07, 6.45) is 11.3. The highest BCUT2D eigenvalue weighted by atomic mass is 35.5. The monoisotopic (exact) mass is 525 g/mol. The molecule has 5 nitrogen and oxygen atoms in total. The molecule has 3 aromatic rings. The summed E-state index contributed by atoms with van der Waals surface area (Å²) in [7, 11) is 0. The standard InChI is InChI=1S/C31H44N3O2.ClH/c1-6-8-10-15-22-27(35)33-26-21-17-18-24-32(26)30(29(33)25-19-13-12-14-20-25)34(31(3,4)5)28(36)23-16-11-9-7-2;/h12-14,17-21,24H,6-11,15-16,22-23H2,1-5H3;1H/q+1;/p-1. The molecule has 0 atom stereocenters. The number of pyridine rings is 1. The molecule has 0 saturated heterocycles. The smallest absolute Gasteiger partial charge is 0.315 e. The van der Waals surface area contributed by atoms with Crippen molar-refractivity contribution in [2.45, 2.75) is 104 Å². The number of unbranched alkanes of at least 4 members (excludes halogenated alkanes) is 6. The third kappa shape index (κ3) is 7.44. The zero-order chi connectivity index (χ0) is 26.1. The zero-order valence-corrected chi connectivity index (χ0v) is 24.1. The highest BCUT2D eigenvalue weighted by Crippen LogP contribution is 2.35. The quantitative estimate of drug-likeness (QED) is 0.256. The first-order chi connectivity index (χ1) is 17.3. The van der Waals surface area contributed by atoms with Crippen molar-refractivity contribution in [3.05, 3.63) is 54.7 Å². The van der Waals surface area contributed by atoms with E-state index in [2.05, 4.69) is 34.6 Å². The Kier molecular flexibility index (Phi) is 11.8. The molecule has 6 heteroatoms. The van der Waals surface area contributed by atoms with Gasteiger partial charge in [0, 0.05) is 23.6 Å². The largest absolute Gasteiger partial charge is 1.00 e. The molecule has 37 heavy (non-hydrogen) atoms. The summed E-state index contributed by atoms with van der Waals surface area (Å²) in [5, 5.41) is 0. The Hall–Kier alpha value is -2.66. The molecule has 3 rings (SSSR count). The van der Waals surface area contributed by atoms with Crippen molar-refractivity contribution in [2.24, 2.45) is 0 Å². The van der Waals surface area contributed by atoms with E-state index in [0.29, 0.717) is 12.8 Å². The van der Waals surface area contributed by atoms with E-state index in [0.717, 1.165) is 74.1 Å². The predicted octanol–water partition coefficient (Wildman–Crippen LogP) is 4.61. The maximum atomic E-state index is 13.8. The number of carbonyl (C=O) groups is 2. The van der Waals surface area contributed by atoms with Gasteiger partial charge in [-0.1, -0.05) is 88.8 Å². The van der Waals surface area contributed by atoms with Crippen LogP contribution in [0.1, 0.15) is 104 Å². The number of hydrogen-bond donors (Lipinski definition) is 0. The zero-order valence-electron chi connectivity index (χ0n) is 23.3. The number of halogens is 1. The molecule has 0 radical (unpaired) electrons. The normalized spacial score (nSPS) is 11.4. The van der Waals surface area contributed by atoms with Gasteiger partial charge in [0.15, 0.2) is 0 Å². The van der Waals surface area contributed by atoms with Crippen molar-refractivity contribution in [1.29, 1.82) is 0 Å². The summed E-state index contributed by atoms with van der Waals surface area (Å²) >= 11 is 0. The third-order valence-corrected chi connectivity index (χ3v) is 6.65. The summed E-state index contributed by atoms with van der Waals surface area (Å²) in [6.45, 7) is 10.6. The van der Waals surface area contributed by atoms with Crippen LogP contribution in [-0.4, -0.2) is 21.8 Å². The minimum absolute atomic E-state index is 0. The molecule has 0 aliphatic heterocycles. The number of fused-ring (bicyclic) bond motifs is 1. The van der Waals surface area contributed by atoms with Gasteiger partial charge < -0.3 is 12.4 Å². The molecule has 0 spiro atoms. The van der Waals surface area contributed by atoms with Crippen molar-refractivity contribution in [1.82, 2.24) is 4.40 Å². The highest BCUT2D eigenvalue weighted by Gasteiger charge is 2.40. The lowest BCUT2D eigenvalue weighted by Gasteiger charge is -2.33. The number of hydrogen-bond acceptors (Lipinski definition) is 2. The van der Waals surface area contributed by atoms with E-state index in [-0.39, 0.29) is 24.2 Å². The molecule has 0 aliphatic rings. The van der Waals surface area contributed by atoms with Gasteiger partial charge in [-0.3, -0.25) is 9.69 Å². The lowest BCUT2D eigenvalue weighted by Crippen LogP contribution is -3.00. The molecule has 0 saturated carbocycles. The number of imidazole rings is 1. The second kappa shape index (κ2) is 14.3. The Bertz CT molecular complexity index is 1150. The van der Waals surface area contributed by atoms with Gasteiger partial charge >= 0.3 is 5.91 Å². The average Bonchev–Trinajstić information content (AvgIpc) is 3.19. The van der Waals surface area contributed by atoms with Gasteiger partial charge in [-0.25, -0.2) is 4.79 Å². The van der Waals surface area contributed by atoms with Crippen LogP contribution in [0.4, 0.5) is 5.82 Å². The number of nitrogens with zero attached hydrogens (tertiary/aromatic N) is 3. The summed E-state index contributed by atoms with van der Waals surface area (Å²) in [4.78, 5) is 29.5. The molecular formula is C31H44ClN3O2. The fourth-order valence-electron chi connectivity index (χ4n) is 4.88. The van der Waals surface area contributed by atoms with Crippen molar-refractivity contribution in [3.63, 3.8) is 0 Å². The Morgan fingerprint density at radius 2 is 1.41 bits per heavy atom. The minimum atomic E-state index is -0.461. The van der Waals surface area contributed by atoms with Gasteiger partial charge in [0.05, 0.1) is 12.6 Å². The Balaban J connectivity index is 0.00000481. The van der Waals surface area contributed by atoms with Crippen LogP contribution in [0.25, 0.3) is 16.9 Å². The number of benzene rings is 1. The van der Waals surface area contributed by atoms with Crippen molar-refractivity contribution in [3.8, 4) is 11.3 Å². The SMILES string of the molecule is CCCCCCC(=O)N(c1c(-c2ccccc2)[n+](C(=O)CCCCCC)c2ccccn12)C(C)(C)C.[Cl-]. The first-order valence-corrected chi connectivity index (χ1v) is 13.8. The van der Waals surface area contributed by atoms with E-state index in [4.69, 9.17) is 0 Å². The molecule has 0 unspecified atom stereocenters. The maximum Gasteiger partial charge on any atom is 0.315 e. The van der Waals surface area contributed by atoms with Gasteiger partial charge in [0.1, 0.15) is 0 Å². The summed E-state index contributed by atoms with van der Waals surface area (Å²) in [5.41, 5.74) is 2.06. The Morgan fingerprint density at radius 3 is 2.00 bits per heavy atom. The fraction of sp³-hybridized carbons (Fsp3) is 0.516. The fourth-order valence-corrected chi connectivity index (χ4v) is 4.88. The topological polar surface area (TPSA) is 45.7 Å². The van der Waals surface area contributed by atoms with Gasteiger partial charge in [-0.05, 0) is 39.7 Å². The summed E-state index contributed by atoms with van der Waals surface area (Å²) in [6, 6.07) is 15.9. The number of rotatable bonds is 12. The molecular weight excluding hydrogens is 482 g/mol. The molecule has 0 bridgehead atoms. The van der Waals surface area contributed by atoms with Crippen LogP contribution >= 0.6 is 0 Å². The Labute approximate surface area is 229 Å². The van der Waals surface area contributed by atoms with Crippen molar-refractivity contribution in [2.75, 3.05) is 4.90 Å². The van der Waals surface area contributed by atoms with E-state index < -0.39 is 5.54 Å². The van der Waals surface area contributed by atoms with E-state index in [9.17, 15) is 9.59 Å². The van der Waals surface area contributed by atoms with Crippen molar-refractivity contribution >= 4 is 23.3 Å².